The number of nitrogens with zero attached hydrogens (tertiary/aromatic N) is 4. The monoisotopic (exact) mass is 480 g/mol. The fourth-order valence-corrected chi connectivity index (χ4v) is 5.49. The molecule has 3 heterocycles. The number of amides is 2. The van der Waals surface area contributed by atoms with E-state index in [9.17, 15) is 9.59 Å². The first-order valence-electron chi connectivity index (χ1n) is 12.3. The second-order valence-electron chi connectivity index (χ2n) is 9.23. The summed E-state index contributed by atoms with van der Waals surface area (Å²) in [5, 5.41) is 8.43. The molecular formula is C26H32N4O3S. The summed E-state index contributed by atoms with van der Waals surface area (Å²) in [6.45, 7) is 4.59. The van der Waals surface area contributed by atoms with Crippen LogP contribution in [0, 0.1) is 5.92 Å². The van der Waals surface area contributed by atoms with E-state index in [0.717, 1.165) is 68.3 Å². The van der Waals surface area contributed by atoms with Gasteiger partial charge in [0.2, 0.25) is 5.91 Å². The number of hydrogen-bond donors (Lipinski definition) is 0. The van der Waals surface area contributed by atoms with Crippen LogP contribution in [0.3, 0.4) is 0 Å². The van der Waals surface area contributed by atoms with Crippen LogP contribution in [0.5, 0.6) is 0 Å². The molecule has 1 saturated carbocycles. The molecule has 7 nitrogen and oxygen atoms in total. The predicted molar refractivity (Wildman–Crippen MR) is 133 cm³/mol. The smallest absolute Gasteiger partial charge is 0.262 e. The normalized spacial score (nSPS) is 21.2. The number of rotatable bonds is 8. The Morgan fingerprint density at radius 2 is 1.88 bits per heavy atom. The third-order valence-corrected chi connectivity index (χ3v) is 7.96. The van der Waals surface area contributed by atoms with Gasteiger partial charge in [-0.3, -0.25) is 14.5 Å². The molecule has 3 aliphatic rings. The van der Waals surface area contributed by atoms with Gasteiger partial charge in [0.15, 0.2) is 0 Å². The van der Waals surface area contributed by atoms with E-state index in [1.165, 1.54) is 0 Å². The molecule has 0 unspecified atom stereocenters. The average Bonchev–Trinajstić information content (AvgIpc) is 3.52. The minimum absolute atomic E-state index is 0.0613. The molecule has 0 radical (unpaired) electrons. The molecule has 1 aromatic carbocycles. The van der Waals surface area contributed by atoms with E-state index in [1.54, 1.807) is 21.2 Å². The van der Waals surface area contributed by atoms with Crippen molar-refractivity contribution in [3.8, 4) is 0 Å². The van der Waals surface area contributed by atoms with Crippen LogP contribution in [0.1, 0.15) is 42.2 Å². The zero-order valence-corrected chi connectivity index (χ0v) is 20.3. The Kier molecular flexibility index (Phi) is 7.37. The van der Waals surface area contributed by atoms with Crippen LogP contribution in [-0.4, -0.2) is 78.3 Å². The number of hydrogen-bond acceptors (Lipinski definition) is 6. The van der Waals surface area contributed by atoms with Gasteiger partial charge in [0.05, 0.1) is 29.8 Å². The minimum Gasteiger partial charge on any atom is -0.379 e. The lowest BCUT2D eigenvalue weighted by Crippen LogP contribution is -2.49. The average molecular weight is 481 g/mol. The van der Waals surface area contributed by atoms with Crippen molar-refractivity contribution in [1.82, 2.24) is 14.8 Å². The van der Waals surface area contributed by atoms with Gasteiger partial charge in [-0.25, -0.2) is 5.01 Å². The summed E-state index contributed by atoms with van der Waals surface area (Å²) < 4.78 is 5.45. The molecule has 1 saturated heterocycles. The zero-order chi connectivity index (χ0) is 23.3. The maximum absolute atomic E-state index is 13.6. The SMILES string of the molecule is O=C(C1CCC1)N(CCN1CCOCC1)CC(=O)N1N=C(c2cccs2)C[C@@H]1c1ccccc1. The van der Waals surface area contributed by atoms with Gasteiger partial charge in [-0.15, -0.1) is 11.3 Å². The minimum atomic E-state index is -0.148. The number of hydrazone groups is 1. The fraction of sp³-hybridized carbons (Fsp3) is 0.500. The maximum Gasteiger partial charge on any atom is 0.262 e. The standard InChI is InChI=1S/C26H32N4O3S/c31-25(19-29(26(32)21-8-4-9-21)12-11-28-13-15-33-16-14-28)30-23(20-6-2-1-3-7-20)18-22(27-30)24-10-5-17-34-24/h1-3,5-7,10,17,21,23H,4,8-9,11-16,18-19H2/t23-/m1/s1. The van der Waals surface area contributed by atoms with Crippen LogP contribution in [0.25, 0.3) is 0 Å². The second-order valence-corrected chi connectivity index (χ2v) is 10.2. The predicted octanol–water partition coefficient (Wildman–Crippen LogP) is 3.39. The zero-order valence-electron chi connectivity index (χ0n) is 19.5. The van der Waals surface area contributed by atoms with E-state index in [-0.39, 0.29) is 30.3 Å². The third kappa shape index (κ3) is 5.24. The van der Waals surface area contributed by atoms with Gasteiger partial charge in [-0.05, 0) is 29.9 Å². The summed E-state index contributed by atoms with van der Waals surface area (Å²) in [5.74, 6) is 0.0620. The lowest BCUT2D eigenvalue weighted by Gasteiger charge is -2.34. The van der Waals surface area contributed by atoms with Crippen molar-refractivity contribution in [2.75, 3.05) is 45.9 Å². The molecule has 1 aliphatic carbocycles. The largest absolute Gasteiger partial charge is 0.379 e. The molecule has 0 bridgehead atoms. The molecule has 2 amide bonds. The number of thiophene rings is 1. The van der Waals surface area contributed by atoms with Gasteiger partial charge in [-0.1, -0.05) is 42.8 Å². The van der Waals surface area contributed by atoms with Crippen LogP contribution < -0.4 is 0 Å². The Labute approximate surface area is 205 Å². The maximum atomic E-state index is 13.6. The molecule has 0 N–H and O–H groups in total. The van der Waals surface area contributed by atoms with Gasteiger partial charge >= 0.3 is 0 Å². The summed E-state index contributed by atoms with van der Waals surface area (Å²) in [4.78, 5) is 32.0. The number of carbonyl (C=O) groups is 2. The highest BCUT2D eigenvalue weighted by Gasteiger charge is 2.36. The molecule has 1 aromatic heterocycles. The first-order valence-corrected chi connectivity index (χ1v) is 13.1. The molecule has 2 aliphatic heterocycles. The number of ether oxygens (including phenoxy) is 1. The van der Waals surface area contributed by atoms with Crippen LogP contribution in [-0.2, 0) is 14.3 Å². The van der Waals surface area contributed by atoms with Gasteiger partial charge in [-0.2, -0.15) is 5.10 Å². The number of benzene rings is 1. The topological polar surface area (TPSA) is 65.5 Å². The van der Waals surface area contributed by atoms with Gasteiger partial charge < -0.3 is 9.64 Å². The van der Waals surface area contributed by atoms with E-state index in [2.05, 4.69) is 4.90 Å². The highest BCUT2D eigenvalue weighted by atomic mass is 32.1. The summed E-state index contributed by atoms with van der Waals surface area (Å²) >= 11 is 1.64. The van der Waals surface area contributed by atoms with Crippen LogP contribution >= 0.6 is 11.3 Å². The quantitative estimate of drug-likeness (QED) is 0.581. The van der Waals surface area contributed by atoms with Crippen molar-refractivity contribution in [3.05, 3.63) is 58.3 Å². The highest BCUT2D eigenvalue weighted by Crippen LogP contribution is 2.34. The number of carbonyl (C=O) groups excluding carboxylic acids is 2. The van der Waals surface area contributed by atoms with E-state index in [4.69, 9.17) is 9.84 Å². The molecule has 1 atom stereocenters. The Bertz CT molecular complexity index is 1000. The van der Waals surface area contributed by atoms with Crippen molar-refractivity contribution in [3.63, 3.8) is 0 Å². The first kappa shape index (κ1) is 23.2. The molecule has 5 rings (SSSR count). The molecule has 180 valence electrons. The fourth-order valence-electron chi connectivity index (χ4n) is 4.77. The molecular weight excluding hydrogens is 448 g/mol. The summed E-state index contributed by atoms with van der Waals surface area (Å²) in [6, 6.07) is 14.0. The summed E-state index contributed by atoms with van der Waals surface area (Å²) in [7, 11) is 0. The Hall–Kier alpha value is -2.55. The second kappa shape index (κ2) is 10.8. The van der Waals surface area contributed by atoms with Crippen LogP contribution in [0.2, 0.25) is 0 Å². The van der Waals surface area contributed by atoms with Gasteiger partial charge in [0.1, 0.15) is 6.54 Å². The van der Waals surface area contributed by atoms with Crippen LogP contribution in [0.4, 0.5) is 0 Å². The third-order valence-electron chi connectivity index (χ3n) is 7.04. The molecule has 8 heteroatoms. The first-order chi connectivity index (χ1) is 16.7. The summed E-state index contributed by atoms with van der Waals surface area (Å²) in [6.07, 6.45) is 3.63. The van der Waals surface area contributed by atoms with Crippen molar-refractivity contribution in [2.45, 2.75) is 31.7 Å². The van der Waals surface area contributed by atoms with Gasteiger partial charge in [0, 0.05) is 38.5 Å². The van der Waals surface area contributed by atoms with E-state index < -0.39 is 0 Å². The Balaban J connectivity index is 1.33. The Morgan fingerprint density at radius 3 is 2.56 bits per heavy atom. The lowest BCUT2D eigenvalue weighted by molar-refractivity contribution is -0.145. The highest BCUT2D eigenvalue weighted by molar-refractivity contribution is 7.12. The van der Waals surface area contributed by atoms with E-state index in [1.807, 2.05) is 47.8 Å². The van der Waals surface area contributed by atoms with E-state index in [0.29, 0.717) is 13.0 Å². The van der Waals surface area contributed by atoms with Gasteiger partial charge in [0.25, 0.3) is 5.91 Å². The van der Waals surface area contributed by atoms with Crippen molar-refractivity contribution in [2.24, 2.45) is 11.0 Å². The van der Waals surface area contributed by atoms with Crippen molar-refractivity contribution < 1.29 is 14.3 Å². The molecule has 34 heavy (non-hydrogen) atoms. The molecule has 2 aromatic rings. The summed E-state index contributed by atoms with van der Waals surface area (Å²) in [5.41, 5.74) is 2.00. The molecule has 0 spiro atoms. The lowest BCUT2D eigenvalue weighted by atomic mass is 9.84. The number of morpholine rings is 1. The van der Waals surface area contributed by atoms with Crippen LogP contribution in [0.15, 0.2) is 52.9 Å². The Morgan fingerprint density at radius 1 is 1.09 bits per heavy atom. The van der Waals surface area contributed by atoms with Crippen molar-refractivity contribution in [1.29, 1.82) is 0 Å². The van der Waals surface area contributed by atoms with E-state index >= 15 is 0 Å². The molecule has 2 fully saturated rings. The van der Waals surface area contributed by atoms with Crippen molar-refractivity contribution >= 4 is 28.9 Å².